The van der Waals surface area contributed by atoms with E-state index >= 15 is 0 Å². The summed E-state index contributed by atoms with van der Waals surface area (Å²) in [4.78, 5) is 41.3. The third-order valence-electron chi connectivity index (χ3n) is 8.12. The molecule has 0 saturated heterocycles. The molecule has 5 aromatic carbocycles. The fourth-order valence-electron chi connectivity index (χ4n) is 5.39. The number of benzene rings is 5. The summed E-state index contributed by atoms with van der Waals surface area (Å²) >= 11 is 1.42. The van der Waals surface area contributed by atoms with Crippen LogP contribution in [0.3, 0.4) is 0 Å². The lowest BCUT2D eigenvalue weighted by Gasteiger charge is -2.18. The zero-order valence-electron chi connectivity index (χ0n) is 28.5. The quantitative estimate of drug-likeness (QED) is 0.0928. The number of aryl methyl sites for hydroxylation is 3. The predicted molar refractivity (Wildman–Crippen MR) is 205 cm³/mol. The molecule has 0 aliphatic carbocycles. The summed E-state index contributed by atoms with van der Waals surface area (Å²) in [6.45, 7) is 6.01. The van der Waals surface area contributed by atoms with Gasteiger partial charge in [0, 0.05) is 33.5 Å². The highest BCUT2D eigenvalue weighted by Gasteiger charge is 2.23. The van der Waals surface area contributed by atoms with Crippen LogP contribution in [0, 0.1) is 20.8 Å². The molecule has 1 aromatic heterocycles. The van der Waals surface area contributed by atoms with E-state index in [9.17, 15) is 14.4 Å². The van der Waals surface area contributed by atoms with Gasteiger partial charge in [-0.15, -0.1) is 11.8 Å². The van der Waals surface area contributed by atoms with Crippen molar-refractivity contribution in [2.75, 3.05) is 10.6 Å². The number of carbonyl (C=O) groups excluding carboxylic acids is 3. The monoisotopic (exact) mass is 691 g/mol. The molecule has 0 radical (unpaired) electrons. The standard InChI is InChI=1S/C43H37N3O4S/c1-28-14-17-31(18-15-28)39-25-21-35(50-39)27-38(46-41(47)33-12-8-5-9-13-33)42(48)44-34-19-22-36(23-20-34)51-40(32-10-6-4-7-11-32)43(49)45-37-24-16-29(2)26-30(37)3/h4-27,40H,1-3H3,(H,44,48)(H,45,49)(H,46,47)/b38-27+/t40-/m1/s1. The molecule has 0 fully saturated rings. The first kappa shape index (κ1) is 34.7. The van der Waals surface area contributed by atoms with Gasteiger partial charge in [0.05, 0.1) is 0 Å². The van der Waals surface area contributed by atoms with E-state index in [0.29, 0.717) is 22.8 Å². The minimum atomic E-state index is -0.525. The van der Waals surface area contributed by atoms with E-state index in [0.717, 1.165) is 38.4 Å². The van der Waals surface area contributed by atoms with Crippen LogP contribution in [-0.2, 0) is 9.59 Å². The SMILES string of the molecule is Cc1ccc(-c2ccc(/C=C(/NC(=O)c3ccccc3)C(=O)Nc3ccc(S[C@@H](C(=O)Nc4ccc(C)cc4C)c4ccccc4)cc3)o2)cc1. The van der Waals surface area contributed by atoms with Crippen LogP contribution < -0.4 is 16.0 Å². The first-order chi connectivity index (χ1) is 24.7. The van der Waals surface area contributed by atoms with Crippen LogP contribution in [0.15, 0.2) is 155 Å². The second-order valence-corrected chi connectivity index (χ2v) is 13.3. The lowest BCUT2D eigenvalue weighted by molar-refractivity contribution is -0.116. The summed E-state index contributed by atoms with van der Waals surface area (Å²) in [6, 6.07) is 43.0. The van der Waals surface area contributed by atoms with E-state index in [1.54, 1.807) is 42.5 Å². The summed E-state index contributed by atoms with van der Waals surface area (Å²) in [6.07, 6.45) is 1.51. The summed E-state index contributed by atoms with van der Waals surface area (Å²) < 4.78 is 6.04. The third-order valence-corrected chi connectivity index (χ3v) is 9.39. The molecule has 0 aliphatic heterocycles. The smallest absolute Gasteiger partial charge is 0.272 e. The number of amides is 3. The summed E-state index contributed by atoms with van der Waals surface area (Å²) in [5.41, 5.74) is 6.73. The predicted octanol–water partition coefficient (Wildman–Crippen LogP) is 9.75. The van der Waals surface area contributed by atoms with Gasteiger partial charge < -0.3 is 20.4 Å². The highest BCUT2D eigenvalue weighted by atomic mass is 32.2. The maximum Gasteiger partial charge on any atom is 0.272 e. The van der Waals surface area contributed by atoms with Crippen molar-refractivity contribution in [3.63, 3.8) is 0 Å². The number of nitrogens with one attached hydrogen (secondary N) is 3. The number of rotatable bonds is 11. The molecule has 3 amide bonds. The average molecular weight is 692 g/mol. The topological polar surface area (TPSA) is 100 Å². The van der Waals surface area contributed by atoms with Crippen LogP contribution in [0.5, 0.6) is 0 Å². The minimum absolute atomic E-state index is 0.0133. The zero-order valence-corrected chi connectivity index (χ0v) is 29.3. The molecule has 0 spiro atoms. The number of hydrogen-bond donors (Lipinski definition) is 3. The van der Waals surface area contributed by atoms with Crippen molar-refractivity contribution in [2.24, 2.45) is 0 Å². The van der Waals surface area contributed by atoms with E-state index in [4.69, 9.17) is 4.42 Å². The molecule has 7 nitrogen and oxygen atoms in total. The Balaban J connectivity index is 1.20. The normalized spacial score (nSPS) is 11.8. The van der Waals surface area contributed by atoms with Gasteiger partial charge in [-0.1, -0.05) is 96.1 Å². The van der Waals surface area contributed by atoms with Crippen molar-refractivity contribution in [3.05, 3.63) is 179 Å². The molecule has 0 unspecified atom stereocenters. The maximum atomic E-state index is 13.7. The Morgan fingerprint density at radius 2 is 1.35 bits per heavy atom. The van der Waals surface area contributed by atoms with Gasteiger partial charge >= 0.3 is 0 Å². The molecule has 51 heavy (non-hydrogen) atoms. The highest BCUT2D eigenvalue weighted by molar-refractivity contribution is 8.00. The molecule has 0 bridgehead atoms. The second-order valence-electron chi connectivity index (χ2n) is 12.1. The maximum absolute atomic E-state index is 13.7. The summed E-state index contributed by atoms with van der Waals surface area (Å²) in [5.74, 6) is -0.0482. The molecule has 1 atom stereocenters. The number of furan rings is 1. The minimum Gasteiger partial charge on any atom is -0.457 e. The van der Waals surface area contributed by atoms with Gasteiger partial charge in [-0.05, 0) is 86.5 Å². The van der Waals surface area contributed by atoms with Crippen molar-refractivity contribution < 1.29 is 18.8 Å². The van der Waals surface area contributed by atoms with Gasteiger partial charge in [-0.2, -0.15) is 0 Å². The largest absolute Gasteiger partial charge is 0.457 e. The number of hydrogen-bond acceptors (Lipinski definition) is 5. The van der Waals surface area contributed by atoms with Gasteiger partial charge in [0.1, 0.15) is 22.5 Å². The molecular formula is C43H37N3O4S. The number of anilines is 2. The molecule has 3 N–H and O–H groups in total. The Kier molecular flexibility index (Phi) is 10.9. The summed E-state index contributed by atoms with van der Waals surface area (Å²) in [7, 11) is 0. The van der Waals surface area contributed by atoms with Gasteiger partial charge in [0.2, 0.25) is 5.91 Å². The van der Waals surface area contributed by atoms with Crippen molar-refractivity contribution >= 4 is 46.9 Å². The zero-order chi connectivity index (χ0) is 35.7. The van der Waals surface area contributed by atoms with Crippen molar-refractivity contribution in [2.45, 2.75) is 30.9 Å². The Bertz CT molecular complexity index is 2180. The van der Waals surface area contributed by atoms with Crippen LogP contribution >= 0.6 is 11.8 Å². The Hall–Kier alpha value is -6.12. The van der Waals surface area contributed by atoms with Gasteiger partial charge in [-0.3, -0.25) is 14.4 Å². The second kappa shape index (κ2) is 16.1. The molecule has 0 saturated carbocycles. The van der Waals surface area contributed by atoms with Crippen molar-refractivity contribution in [1.29, 1.82) is 0 Å². The number of carbonyl (C=O) groups is 3. The lowest BCUT2D eigenvalue weighted by Crippen LogP contribution is -2.30. The summed E-state index contributed by atoms with van der Waals surface area (Å²) in [5, 5.41) is 8.23. The molecular weight excluding hydrogens is 655 g/mol. The Labute approximate surface area is 301 Å². The first-order valence-corrected chi connectivity index (χ1v) is 17.4. The van der Waals surface area contributed by atoms with Crippen LogP contribution in [0.4, 0.5) is 11.4 Å². The van der Waals surface area contributed by atoms with E-state index in [1.165, 1.54) is 17.8 Å². The van der Waals surface area contributed by atoms with Crippen LogP contribution in [-0.4, -0.2) is 17.7 Å². The molecule has 6 aromatic rings. The van der Waals surface area contributed by atoms with Crippen molar-refractivity contribution in [3.8, 4) is 11.3 Å². The third kappa shape index (κ3) is 9.12. The fourth-order valence-corrected chi connectivity index (χ4v) is 6.42. The van der Waals surface area contributed by atoms with E-state index in [1.807, 2.05) is 118 Å². The van der Waals surface area contributed by atoms with Crippen LogP contribution in [0.2, 0.25) is 0 Å². The first-order valence-electron chi connectivity index (χ1n) is 16.5. The molecule has 6 rings (SSSR count). The van der Waals surface area contributed by atoms with E-state index in [-0.39, 0.29) is 11.6 Å². The fraction of sp³-hybridized carbons (Fsp3) is 0.0930. The van der Waals surface area contributed by atoms with Crippen LogP contribution in [0.25, 0.3) is 17.4 Å². The Morgan fingerprint density at radius 1 is 0.686 bits per heavy atom. The van der Waals surface area contributed by atoms with E-state index in [2.05, 4.69) is 16.0 Å². The highest BCUT2D eigenvalue weighted by Crippen LogP contribution is 2.37. The Morgan fingerprint density at radius 3 is 2.04 bits per heavy atom. The van der Waals surface area contributed by atoms with Crippen molar-refractivity contribution in [1.82, 2.24) is 5.32 Å². The molecule has 0 aliphatic rings. The van der Waals surface area contributed by atoms with Crippen LogP contribution in [0.1, 0.15) is 43.6 Å². The van der Waals surface area contributed by atoms with E-state index < -0.39 is 17.1 Å². The molecule has 254 valence electrons. The molecule has 8 heteroatoms. The molecule has 1 heterocycles. The van der Waals surface area contributed by atoms with Gasteiger partial charge in [0.25, 0.3) is 11.8 Å². The average Bonchev–Trinajstić information content (AvgIpc) is 3.61. The lowest BCUT2D eigenvalue weighted by atomic mass is 10.1. The number of thioether (sulfide) groups is 1. The van der Waals surface area contributed by atoms with Gasteiger partial charge in [0.15, 0.2) is 0 Å². The van der Waals surface area contributed by atoms with Gasteiger partial charge in [-0.25, -0.2) is 0 Å².